The van der Waals surface area contributed by atoms with Crippen molar-refractivity contribution in [1.82, 2.24) is 14.9 Å². The number of thiazole rings is 1. The van der Waals surface area contributed by atoms with Gasteiger partial charge in [0.1, 0.15) is 5.56 Å². The Morgan fingerprint density at radius 2 is 2.03 bits per heavy atom. The molecule has 0 aliphatic carbocycles. The summed E-state index contributed by atoms with van der Waals surface area (Å²) in [6, 6.07) is 11.2. The van der Waals surface area contributed by atoms with Crippen LogP contribution in [0.15, 0.2) is 46.6 Å². The Kier molecular flexibility index (Phi) is 5.87. The molecule has 0 unspecified atom stereocenters. The molecular formula is C22H24N4O2S. The Bertz CT molecular complexity index is 1070. The number of nitrogens with one attached hydrogen (secondary N) is 2. The van der Waals surface area contributed by atoms with Crippen molar-refractivity contribution in [3.8, 4) is 11.3 Å². The van der Waals surface area contributed by atoms with Crippen molar-refractivity contribution < 1.29 is 4.79 Å². The summed E-state index contributed by atoms with van der Waals surface area (Å²) in [6.45, 7) is 5.00. The molecule has 0 saturated carbocycles. The Morgan fingerprint density at radius 3 is 2.79 bits per heavy atom. The number of hydrogen-bond acceptors (Lipinski definition) is 5. The van der Waals surface area contributed by atoms with Crippen LogP contribution in [0.1, 0.15) is 40.9 Å². The van der Waals surface area contributed by atoms with E-state index in [4.69, 9.17) is 0 Å². The molecule has 2 N–H and O–H groups in total. The lowest BCUT2D eigenvalue weighted by Gasteiger charge is -2.25. The van der Waals surface area contributed by atoms with E-state index in [0.717, 1.165) is 36.5 Å². The summed E-state index contributed by atoms with van der Waals surface area (Å²) in [5, 5.41) is 5.24. The number of amides is 1. The maximum absolute atomic E-state index is 12.6. The van der Waals surface area contributed by atoms with Crippen LogP contribution in [0.25, 0.3) is 11.3 Å². The van der Waals surface area contributed by atoms with Crippen molar-refractivity contribution in [2.24, 2.45) is 0 Å². The quantitative estimate of drug-likeness (QED) is 0.668. The third-order valence-corrected chi connectivity index (χ3v) is 5.90. The van der Waals surface area contributed by atoms with E-state index < -0.39 is 11.5 Å². The molecule has 3 aromatic rings. The lowest BCUT2D eigenvalue weighted by molar-refractivity contribution is 0.102. The minimum absolute atomic E-state index is 0.0779. The van der Waals surface area contributed by atoms with Crippen molar-refractivity contribution in [1.29, 1.82) is 0 Å². The lowest BCUT2D eigenvalue weighted by atomic mass is 10.1. The molecule has 1 aliphatic rings. The summed E-state index contributed by atoms with van der Waals surface area (Å²) in [7, 11) is 0. The first-order valence-electron chi connectivity index (χ1n) is 9.87. The highest BCUT2D eigenvalue weighted by atomic mass is 32.1. The number of nitrogens with zero attached hydrogens (tertiary/aromatic N) is 2. The lowest BCUT2D eigenvalue weighted by Crippen LogP contribution is -2.29. The fourth-order valence-corrected chi connectivity index (χ4v) is 4.28. The Hall–Kier alpha value is -2.77. The standard InChI is InChI=1S/C22H24N4O2S/c1-15-6-5-7-16(12-15)19-9-8-18(20(27)24-19)21(28)25-22-23-17(14-29-22)13-26-10-3-2-4-11-26/h5-9,12,14H,2-4,10-11,13H2,1H3,(H,24,27)(H,23,25,28). The summed E-state index contributed by atoms with van der Waals surface area (Å²) in [5.74, 6) is -0.444. The number of piperidine rings is 1. The van der Waals surface area contributed by atoms with E-state index in [1.807, 2.05) is 36.6 Å². The van der Waals surface area contributed by atoms with Crippen molar-refractivity contribution in [2.45, 2.75) is 32.7 Å². The topological polar surface area (TPSA) is 78.1 Å². The highest BCUT2D eigenvalue weighted by Crippen LogP contribution is 2.20. The van der Waals surface area contributed by atoms with Gasteiger partial charge in [-0.05, 0) is 56.6 Å². The van der Waals surface area contributed by atoms with Crippen LogP contribution >= 0.6 is 11.3 Å². The number of benzene rings is 1. The van der Waals surface area contributed by atoms with Crippen LogP contribution in [0, 0.1) is 6.92 Å². The molecule has 7 heteroatoms. The van der Waals surface area contributed by atoms with Gasteiger partial charge in [-0.25, -0.2) is 4.98 Å². The molecule has 1 amide bonds. The highest BCUT2D eigenvalue weighted by molar-refractivity contribution is 7.13. The average molecular weight is 409 g/mol. The zero-order valence-corrected chi connectivity index (χ0v) is 17.2. The van der Waals surface area contributed by atoms with Gasteiger partial charge in [-0.1, -0.05) is 30.2 Å². The molecule has 1 aromatic carbocycles. The number of aromatic amines is 1. The molecule has 2 aromatic heterocycles. The first-order valence-corrected chi connectivity index (χ1v) is 10.7. The predicted octanol–water partition coefficient (Wildman–Crippen LogP) is 4.05. The van der Waals surface area contributed by atoms with Crippen molar-refractivity contribution in [2.75, 3.05) is 18.4 Å². The monoisotopic (exact) mass is 408 g/mol. The molecule has 6 nitrogen and oxygen atoms in total. The molecule has 0 atom stereocenters. The second-order valence-corrected chi connectivity index (χ2v) is 8.28. The number of aromatic nitrogens is 2. The fourth-order valence-electron chi connectivity index (χ4n) is 3.58. The number of aryl methyl sites for hydroxylation is 1. The van der Waals surface area contributed by atoms with E-state index in [1.165, 1.54) is 30.6 Å². The second-order valence-electron chi connectivity index (χ2n) is 7.42. The van der Waals surface area contributed by atoms with Crippen LogP contribution in [0.2, 0.25) is 0 Å². The van der Waals surface area contributed by atoms with Crippen LogP contribution in [0.3, 0.4) is 0 Å². The number of pyridine rings is 1. The van der Waals surface area contributed by atoms with Gasteiger partial charge in [0.25, 0.3) is 11.5 Å². The molecule has 0 spiro atoms. The van der Waals surface area contributed by atoms with Crippen molar-refractivity contribution in [3.63, 3.8) is 0 Å². The van der Waals surface area contributed by atoms with Crippen molar-refractivity contribution >= 4 is 22.4 Å². The average Bonchev–Trinajstić information content (AvgIpc) is 3.15. The van der Waals surface area contributed by atoms with Crippen LogP contribution in [0.5, 0.6) is 0 Å². The maximum Gasteiger partial charge on any atom is 0.263 e. The molecule has 0 radical (unpaired) electrons. The third-order valence-electron chi connectivity index (χ3n) is 5.09. The molecule has 29 heavy (non-hydrogen) atoms. The number of H-pyrrole nitrogens is 1. The second kappa shape index (κ2) is 8.71. The van der Waals surface area contributed by atoms with Crippen LogP contribution < -0.4 is 10.9 Å². The molecule has 0 bridgehead atoms. The van der Waals surface area contributed by atoms with E-state index in [9.17, 15) is 9.59 Å². The Morgan fingerprint density at radius 1 is 1.21 bits per heavy atom. The van der Waals surface area contributed by atoms with Gasteiger partial charge in [0, 0.05) is 17.6 Å². The van der Waals surface area contributed by atoms with Gasteiger partial charge in [-0.2, -0.15) is 0 Å². The van der Waals surface area contributed by atoms with Gasteiger partial charge in [0.15, 0.2) is 5.13 Å². The number of carbonyl (C=O) groups is 1. The summed E-state index contributed by atoms with van der Waals surface area (Å²) >= 11 is 1.39. The minimum atomic E-state index is -0.444. The molecular weight excluding hydrogens is 384 g/mol. The van der Waals surface area contributed by atoms with Crippen molar-refractivity contribution in [3.05, 3.63) is 69.0 Å². The number of anilines is 1. The molecule has 4 rings (SSSR count). The minimum Gasteiger partial charge on any atom is -0.321 e. The van der Waals surface area contributed by atoms with E-state index in [2.05, 4.69) is 20.2 Å². The van der Waals surface area contributed by atoms with Crippen LogP contribution in [-0.2, 0) is 6.54 Å². The first kappa shape index (κ1) is 19.5. The number of carbonyl (C=O) groups excluding carboxylic acids is 1. The molecule has 1 aliphatic heterocycles. The zero-order chi connectivity index (χ0) is 20.2. The van der Waals surface area contributed by atoms with Gasteiger partial charge in [-0.3, -0.25) is 19.8 Å². The normalized spacial score (nSPS) is 14.7. The van der Waals surface area contributed by atoms with Gasteiger partial charge in [-0.15, -0.1) is 11.3 Å². The van der Waals surface area contributed by atoms with Gasteiger partial charge < -0.3 is 4.98 Å². The Balaban J connectivity index is 1.44. The number of likely N-dealkylation sites (tertiary alicyclic amines) is 1. The van der Waals surface area contributed by atoms with Gasteiger partial charge in [0.05, 0.1) is 5.69 Å². The van der Waals surface area contributed by atoms with E-state index >= 15 is 0 Å². The predicted molar refractivity (Wildman–Crippen MR) is 116 cm³/mol. The number of rotatable bonds is 5. The fraction of sp³-hybridized carbons (Fsp3) is 0.318. The molecule has 1 fully saturated rings. The van der Waals surface area contributed by atoms with E-state index in [1.54, 1.807) is 12.1 Å². The summed E-state index contributed by atoms with van der Waals surface area (Å²) in [4.78, 5) is 34.7. The van der Waals surface area contributed by atoms with Crippen LogP contribution in [-0.4, -0.2) is 33.9 Å². The van der Waals surface area contributed by atoms with Gasteiger partial charge in [0.2, 0.25) is 0 Å². The number of hydrogen-bond donors (Lipinski definition) is 2. The summed E-state index contributed by atoms with van der Waals surface area (Å²) in [6.07, 6.45) is 3.76. The maximum atomic E-state index is 12.6. The highest BCUT2D eigenvalue weighted by Gasteiger charge is 2.16. The third kappa shape index (κ3) is 4.81. The first-order chi connectivity index (χ1) is 14.1. The molecule has 1 saturated heterocycles. The zero-order valence-electron chi connectivity index (χ0n) is 16.4. The smallest absolute Gasteiger partial charge is 0.263 e. The summed E-state index contributed by atoms with van der Waals surface area (Å²) in [5.41, 5.74) is 3.33. The van der Waals surface area contributed by atoms with Gasteiger partial charge >= 0.3 is 0 Å². The Labute approximate surface area is 173 Å². The molecule has 150 valence electrons. The molecule has 3 heterocycles. The largest absolute Gasteiger partial charge is 0.321 e. The summed E-state index contributed by atoms with van der Waals surface area (Å²) < 4.78 is 0. The SMILES string of the molecule is Cc1cccc(-c2ccc(C(=O)Nc3nc(CN4CCCCC4)cs3)c(=O)[nH]2)c1. The van der Waals surface area contributed by atoms with E-state index in [0.29, 0.717) is 10.8 Å². The van der Waals surface area contributed by atoms with Crippen LogP contribution in [0.4, 0.5) is 5.13 Å². The van der Waals surface area contributed by atoms with E-state index in [-0.39, 0.29) is 5.56 Å².